The van der Waals surface area contributed by atoms with Crippen molar-refractivity contribution in [3.8, 4) is 0 Å². The first kappa shape index (κ1) is 12.6. The lowest BCUT2D eigenvalue weighted by Gasteiger charge is -2.09. The first-order valence-electron chi connectivity index (χ1n) is 6.16. The highest BCUT2D eigenvalue weighted by atomic mass is 16.1. The van der Waals surface area contributed by atoms with Gasteiger partial charge in [0.05, 0.1) is 0 Å². The van der Waals surface area contributed by atoms with Gasteiger partial charge >= 0.3 is 0 Å². The van der Waals surface area contributed by atoms with Crippen molar-refractivity contribution in [2.45, 2.75) is 19.9 Å². The zero-order valence-electron chi connectivity index (χ0n) is 10.6. The summed E-state index contributed by atoms with van der Waals surface area (Å²) in [7, 11) is 0. The molecule has 0 spiro atoms. The lowest BCUT2D eigenvalue weighted by atomic mass is 9.99. The van der Waals surface area contributed by atoms with Gasteiger partial charge in [-0.1, -0.05) is 36.4 Å². The summed E-state index contributed by atoms with van der Waals surface area (Å²) < 4.78 is 0. The standard InChI is InChI=1S/C15H18N2O/c1-11(18)17-7-6-12-8-13-4-2-3-5-15(13)14(9-12)10-16/h2-5,8-9H,6-7,10,16H2,1H3,(H,17,18). The maximum atomic E-state index is 10.8. The van der Waals surface area contributed by atoms with Crippen molar-refractivity contribution in [2.75, 3.05) is 6.54 Å². The van der Waals surface area contributed by atoms with Gasteiger partial charge in [-0.05, 0) is 28.3 Å². The zero-order valence-corrected chi connectivity index (χ0v) is 10.6. The summed E-state index contributed by atoms with van der Waals surface area (Å²) in [5, 5.41) is 5.23. The number of amides is 1. The average Bonchev–Trinajstić information content (AvgIpc) is 2.37. The van der Waals surface area contributed by atoms with Gasteiger partial charge in [0, 0.05) is 20.0 Å². The number of nitrogens with two attached hydrogens (primary N) is 1. The second-order valence-electron chi connectivity index (χ2n) is 4.41. The minimum atomic E-state index is 0.00911. The summed E-state index contributed by atoms with van der Waals surface area (Å²) in [6.45, 7) is 2.73. The van der Waals surface area contributed by atoms with Crippen LogP contribution in [0.3, 0.4) is 0 Å². The number of nitrogens with one attached hydrogen (secondary N) is 1. The van der Waals surface area contributed by atoms with Crippen molar-refractivity contribution >= 4 is 16.7 Å². The molecule has 0 aliphatic carbocycles. The number of carbonyl (C=O) groups excluding carboxylic acids is 1. The smallest absolute Gasteiger partial charge is 0.216 e. The second kappa shape index (κ2) is 5.65. The van der Waals surface area contributed by atoms with Crippen LogP contribution in [0, 0.1) is 0 Å². The van der Waals surface area contributed by atoms with E-state index in [-0.39, 0.29) is 5.91 Å². The molecular formula is C15H18N2O. The van der Waals surface area contributed by atoms with Gasteiger partial charge in [0.2, 0.25) is 5.91 Å². The largest absolute Gasteiger partial charge is 0.356 e. The fourth-order valence-electron chi connectivity index (χ4n) is 2.15. The Balaban J connectivity index is 2.26. The maximum Gasteiger partial charge on any atom is 0.216 e. The van der Waals surface area contributed by atoms with Gasteiger partial charge < -0.3 is 11.1 Å². The highest BCUT2D eigenvalue weighted by molar-refractivity contribution is 5.86. The molecule has 2 aromatic rings. The lowest BCUT2D eigenvalue weighted by molar-refractivity contribution is -0.118. The van der Waals surface area contributed by atoms with Crippen LogP contribution in [0.5, 0.6) is 0 Å². The zero-order chi connectivity index (χ0) is 13.0. The molecule has 0 atom stereocenters. The molecule has 0 saturated carbocycles. The molecular weight excluding hydrogens is 224 g/mol. The van der Waals surface area contributed by atoms with Gasteiger partial charge in [-0.15, -0.1) is 0 Å². The van der Waals surface area contributed by atoms with Crippen LogP contribution in [0.25, 0.3) is 10.8 Å². The average molecular weight is 242 g/mol. The molecule has 2 aromatic carbocycles. The fraction of sp³-hybridized carbons (Fsp3) is 0.267. The van der Waals surface area contributed by atoms with Crippen LogP contribution in [0.15, 0.2) is 36.4 Å². The van der Waals surface area contributed by atoms with E-state index in [0.29, 0.717) is 13.1 Å². The van der Waals surface area contributed by atoms with E-state index in [4.69, 9.17) is 5.73 Å². The third kappa shape index (κ3) is 2.87. The number of benzene rings is 2. The van der Waals surface area contributed by atoms with Crippen molar-refractivity contribution in [3.63, 3.8) is 0 Å². The first-order chi connectivity index (χ1) is 8.70. The number of hydrogen-bond donors (Lipinski definition) is 2. The molecule has 0 bridgehead atoms. The van der Waals surface area contributed by atoms with Crippen molar-refractivity contribution in [2.24, 2.45) is 5.73 Å². The van der Waals surface area contributed by atoms with Gasteiger partial charge in [-0.25, -0.2) is 0 Å². The number of rotatable bonds is 4. The Hall–Kier alpha value is -1.87. The molecule has 0 radical (unpaired) electrons. The van der Waals surface area contributed by atoms with Crippen LogP contribution < -0.4 is 11.1 Å². The Labute approximate surface area is 107 Å². The summed E-state index contributed by atoms with van der Waals surface area (Å²) in [6.07, 6.45) is 0.831. The summed E-state index contributed by atoms with van der Waals surface area (Å²) in [5.41, 5.74) is 8.16. The third-order valence-electron chi connectivity index (χ3n) is 3.01. The fourth-order valence-corrected chi connectivity index (χ4v) is 2.15. The van der Waals surface area contributed by atoms with Crippen molar-refractivity contribution in [1.82, 2.24) is 5.32 Å². The van der Waals surface area contributed by atoms with Crippen molar-refractivity contribution < 1.29 is 4.79 Å². The molecule has 18 heavy (non-hydrogen) atoms. The first-order valence-corrected chi connectivity index (χ1v) is 6.16. The van der Waals surface area contributed by atoms with Crippen LogP contribution in [0.2, 0.25) is 0 Å². The van der Waals surface area contributed by atoms with Crippen LogP contribution in [0.4, 0.5) is 0 Å². The summed E-state index contributed by atoms with van der Waals surface area (Å²) in [5.74, 6) is 0.00911. The Kier molecular flexibility index (Phi) is 3.95. The van der Waals surface area contributed by atoms with E-state index in [1.165, 1.54) is 23.3 Å². The van der Waals surface area contributed by atoms with Crippen LogP contribution in [-0.4, -0.2) is 12.5 Å². The van der Waals surface area contributed by atoms with E-state index < -0.39 is 0 Å². The molecule has 0 unspecified atom stereocenters. The van der Waals surface area contributed by atoms with Crippen molar-refractivity contribution in [1.29, 1.82) is 0 Å². The SMILES string of the molecule is CC(=O)NCCc1cc(CN)c2ccccc2c1. The maximum absolute atomic E-state index is 10.8. The minimum absolute atomic E-state index is 0.00911. The molecule has 0 heterocycles. The summed E-state index contributed by atoms with van der Waals surface area (Å²) in [4.78, 5) is 10.8. The van der Waals surface area contributed by atoms with E-state index in [9.17, 15) is 4.79 Å². The summed E-state index contributed by atoms with van der Waals surface area (Å²) in [6, 6.07) is 12.5. The Morgan fingerprint density at radius 1 is 1.28 bits per heavy atom. The van der Waals surface area contributed by atoms with Gasteiger partial charge in [0.15, 0.2) is 0 Å². The van der Waals surface area contributed by atoms with E-state index in [1.807, 2.05) is 12.1 Å². The molecule has 0 aliphatic rings. The highest BCUT2D eigenvalue weighted by Gasteiger charge is 2.03. The molecule has 0 aromatic heterocycles. The van der Waals surface area contributed by atoms with Gasteiger partial charge in [0.1, 0.15) is 0 Å². The number of fused-ring (bicyclic) bond motifs is 1. The van der Waals surface area contributed by atoms with Crippen LogP contribution >= 0.6 is 0 Å². The Morgan fingerprint density at radius 2 is 2.06 bits per heavy atom. The van der Waals surface area contributed by atoms with Crippen LogP contribution in [-0.2, 0) is 17.8 Å². The van der Waals surface area contributed by atoms with E-state index in [0.717, 1.165) is 12.0 Å². The molecule has 94 valence electrons. The third-order valence-corrected chi connectivity index (χ3v) is 3.01. The van der Waals surface area contributed by atoms with Gasteiger partial charge in [0.25, 0.3) is 0 Å². The molecule has 0 aliphatic heterocycles. The molecule has 0 fully saturated rings. The lowest BCUT2D eigenvalue weighted by Crippen LogP contribution is -2.22. The molecule has 3 nitrogen and oxygen atoms in total. The number of carbonyl (C=O) groups is 1. The van der Waals surface area contributed by atoms with Crippen LogP contribution in [0.1, 0.15) is 18.1 Å². The molecule has 3 N–H and O–H groups in total. The van der Waals surface area contributed by atoms with E-state index in [2.05, 4.69) is 29.6 Å². The molecule has 1 amide bonds. The summed E-state index contributed by atoms with van der Waals surface area (Å²) >= 11 is 0. The predicted octanol–water partition coefficient (Wildman–Crippen LogP) is 1.98. The van der Waals surface area contributed by atoms with Gasteiger partial charge in [-0.2, -0.15) is 0 Å². The Bertz CT molecular complexity index is 563. The predicted molar refractivity (Wildman–Crippen MR) is 74.2 cm³/mol. The molecule has 2 rings (SSSR count). The minimum Gasteiger partial charge on any atom is -0.356 e. The number of hydrogen-bond acceptors (Lipinski definition) is 2. The topological polar surface area (TPSA) is 55.1 Å². The quantitative estimate of drug-likeness (QED) is 0.861. The van der Waals surface area contributed by atoms with Crippen molar-refractivity contribution in [3.05, 3.63) is 47.5 Å². The molecule has 0 saturated heterocycles. The highest BCUT2D eigenvalue weighted by Crippen LogP contribution is 2.21. The normalized spacial score (nSPS) is 10.6. The molecule has 3 heteroatoms. The van der Waals surface area contributed by atoms with Gasteiger partial charge in [-0.3, -0.25) is 4.79 Å². The monoisotopic (exact) mass is 242 g/mol. The second-order valence-corrected chi connectivity index (χ2v) is 4.41. The van der Waals surface area contributed by atoms with E-state index >= 15 is 0 Å². The Morgan fingerprint density at radius 3 is 2.78 bits per heavy atom. The van der Waals surface area contributed by atoms with E-state index in [1.54, 1.807) is 0 Å².